The number of aryl methyl sites for hydroxylation is 3. The number of rotatable bonds is 4. The van der Waals surface area contributed by atoms with Crippen molar-refractivity contribution in [3.63, 3.8) is 0 Å². The van der Waals surface area contributed by atoms with Gasteiger partial charge in [-0.05, 0) is 39.2 Å². The molecule has 7 nitrogen and oxygen atoms in total. The van der Waals surface area contributed by atoms with Gasteiger partial charge in [0.05, 0.1) is 12.2 Å². The number of aromatic nitrogens is 4. The summed E-state index contributed by atoms with van der Waals surface area (Å²) in [6.07, 6.45) is 3.38. The summed E-state index contributed by atoms with van der Waals surface area (Å²) in [5.41, 5.74) is 3.46. The van der Waals surface area contributed by atoms with E-state index in [1.54, 1.807) is 16.8 Å². The quantitative estimate of drug-likeness (QED) is 0.815. The van der Waals surface area contributed by atoms with E-state index < -0.39 is 0 Å². The number of nitrogens with zero attached hydrogens (tertiary/aromatic N) is 6. The van der Waals surface area contributed by atoms with Gasteiger partial charge in [0.1, 0.15) is 11.6 Å². The highest BCUT2D eigenvalue weighted by molar-refractivity contribution is 5.51. The van der Waals surface area contributed by atoms with Crippen LogP contribution in [0.15, 0.2) is 16.9 Å². The molecule has 7 heteroatoms. The molecule has 2 aromatic rings. The fraction of sp³-hybridized carbons (Fsp3) is 0.579. The molecule has 2 aromatic heterocycles. The molecule has 1 fully saturated rings. The van der Waals surface area contributed by atoms with Crippen molar-refractivity contribution in [2.24, 2.45) is 0 Å². The van der Waals surface area contributed by atoms with Crippen LogP contribution in [0.4, 0.5) is 5.82 Å². The first kappa shape index (κ1) is 17.1. The highest BCUT2D eigenvalue weighted by Crippen LogP contribution is 2.29. The minimum Gasteiger partial charge on any atom is -0.354 e. The number of hydrogen-bond donors (Lipinski definition) is 0. The molecule has 1 saturated heterocycles. The molecule has 0 saturated carbocycles. The molecular formula is C19H26N6O. The topological polar surface area (TPSA) is 67.2 Å². The summed E-state index contributed by atoms with van der Waals surface area (Å²) in [6, 6.07) is 3.36. The molecule has 2 aliphatic rings. The van der Waals surface area contributed by atoms with Crippen molar-refractivity contribution >= 4 is 5.82 Å². The van der Waals surface area contributed by atoms with E-state index in [0.29, 0.717) is 6.54 Å². The first-order chi connectivity index (χ1) is 12.6. The molecule has 0 N–H and O–H groups in total. The summed E-state index contributed by atoms with van der Waals surface area (Å²) in [5, 5.41) is 4.32. The predicted octanol–water partition coefficient (Wildman–Crippen LogP) is 0.961. The zero-order chi connectivity index (χ0) is 18.1. The summed E-state index contributed by atoms with van der Waals surface area (Å²) < 4.78 is 1.57. The molecule has 0 radical (unpaired) electrons. The Bertz CT molecular complexity index is 854. The number of piperazine rings is 1. The number of hydrogen-bond acceptors (Lipinski definition) is 6. The smallest absolute Gasteiger partial charge is 0.266 e. The molecule has 26 heavy (non-hydrogen) atoms. The van der Waals surface area contributed by atoms with Gasteiger partial charge in [0.25, 0.3) is 5.56 Å². The maximum atomic E-state index is 11.9. The van der Waals surface area contributed by atoms with Crippen LogP contribution in [-0.2, 0) is 19.4 Å². The largest absolute Gasteiger partial charge is 0.354 e. The van der Waals surface area contributed by atoms with E-state index in [2.05, 4.69) is 19.9 Å². The lowest BCUT2D eigenvalue weighted by molar-refractivity contribution is 0.242. The molecular weight excluding hydrogens is 328 g/mol. The second kappa shape index (κ2) is 7.15. The van der Waals surface area contributed by atoms with E-state index in [9.17, 15) is 4.79 Å². The van der Waals surface area contributed by atoms with Gasteiger partial charge in [-0.3, -0.25) is 9.69 Å². The van der Waals surface area contributed by atoms with Gasteiger partial charge in [-0.2, -0.15) is 5.10 Å². The zero-order valence-corrected chi connectivity index (χ0v) is 15.6. The van der Waals surface area contributed by atoms with Gasteiger partial charge in [0.2, 0.25) is 0 Å². The molecule has 4 rings (SSSR count). The van der Waals surface area contributed by atoms with Gasteiger partial charge in [-0.1, -0.05) is 0 Å². The van der Waals surface area contributed by atoms with E-state index in [1.165, 1.54) is 17.7 Å². The summed E-state index contributed by atoms with van der Waals surface area (Å²) >= 11 is 0. The van der Waals surface area contributed by atoms with Crippen molar-refractivity contribution < 1.29 is 0 Å². The summed E-state index contributed by atoms with van der Waals surface area (Å²) in [5.74, 6) is 2.04. The van der Waals surface area contributed by atoms with Gasteiger partial charge >= 0.3 is 0 Å². The fourth-order valence-electron chi connectivity index (χ4n) is 3.93. The van der Waals surface area contributed by atoms with E-state index in [4.69, 9.17) is 4.98 Å². The summed E-state index contributed by atoms with van der Waals surface area (Å²) in [6.45, 7) is 9.31. The first-order valence-electron chi connectivity index (χ1n) is 9.48. The third-order valence-corrected chi connectivity index (χ3v) is 5.32. The molecule has 0 aromatic carbocycles. The molecule has 0 amide bonds. The Morgan fingerprint density at radius 2 is 1.81 bits per heavy atom. The van der Waals surface area contributed by atoms with Crippen LogP contribution in [-0.4, -0.2) is 57.4 Å². The fourth-order valence-corrected chi connectivity index (χ4v) is 3.93. The van der Waals surface area contributed by atoms with Crippen LogP contribution in [0.5, 0.6) is 0 Å². The third kappa shape index (κ3) is 3.49. The van der Waals surface area contributed by atoms with Gasteiger partial charge in [0, 0.05) is 50.0 Å². The second-order valence-electron chi connectivity index (χ2n) is 7.24. The Hall–Kier alpha value is -2.28. The number of fused-ring (bicyclic) bond motifs is 1. The van der Waals surface area contributed by atoms with Crippen LogP contribution < -0.4 is 10.5 Å². The van der Waals surface area contributed by atoms with Crippen LogP contribution in [0.1, 0.15) is 29.2 Å². The molecule has 1 aliphatic carbocycles. The maximum absolute atomic E-state index is 11.9. The second-order valence-corrected chi connectivity index (χ2v) is 7.24. The molecule has 0 bridgehead atoms. The maximum Gasteiger partial charge on any atom is 0.266 e. The predicted molar refractivity (Wildman–Crippen MR) is 101 cm³/mol. The zero-order valence-electron chi connectivity index (χ0n) is 15.6. The van der Waals surface area contributed by atoms with Crippen LogP contribution >= 0.6 is 0 Å². The van der Waals surface area contributed by atoms with Gasteiger partial charge in [0.15, 0.2) is 0 Å². The van der Waals surface area contributed by atoms with Crippen LogP contribution in [0, 0.1) is 13.8 Å². The van der Waals surface area contributed by atoms with Crippen molar-refractivity contribution in [2.45, 2.75) is 39.7 Å². The Morgan fingerprint density at radius 1 is 1.00 bits per heavy atom. The SMILES string of the molecule is Cc1ccc(=O)n(CCN2CCN(c3nc(C)nc4c3CCC4)CC2)n1. The summed E-state index contributed by atoms with van der Waals surface area (Å²) in [4.78, 5) is 26.1. The van der Waals surface area contributed by atoms with E-state index in [1.807, 2.05) is 13.8 Å². The molecule has 1 aliphatic heterocycles. The Kier molecular flexibility index (Phi) is 4.72. The van der Waals surface area contributed by atoms with Crippen LogP contribution in [0.2, 0.25) is 0 Å². The Morgan fingerprint density at radius 3 is 2.62 bits per heavy atom. The molecule has 0 spiro atoms. The molecule has 138 valence electrons. The highest BCUT2D eigenvalue weighted by Gasteiger charge is 2.25. The normalized spacial score (nSPS) is 17.5. The van der Waals surface area contributed by atoms with Gasteiger partial charge in [-0.25, -0.2) is 14.6 Å². The molecule has 3 heterocycles. The lowest BCUT2D eigenvalue weighted by atomic mass is 10.2. The first-order valence-corrected chi connectivity index (χ1v) is 9.48. The monoisotopic (exact) mass is 354 g/mol. The van der Waals surface area contributed by atoms with Crippen molar-refractivity contribution in [1.29, 1.82) is 0 Å². The minimum atomic E-state index is -0.0266. The molecule has 0 unspecified atom stereocenters. The van der Waals surface area contributed by atoms with Crippen molar-refractivity contribution in [2.75, 3.05) is 37.6 Å². The van der Waals surface area contributed by atoms with Crippen molar-refractivity contribution in [1.82, 2.24) is 24.6 Å². The number of anilines is 1. The van der Waals surface area contributed by atoms with E-state index in [0.717, 1.165) is 62.9 Å². The third-order valence-electron chi connectivity index (χ3n) is 5.32. The average molecular weight is 354 g/mol. The van der Waals surface area contributed by atoms with E-state index >= 15 is 0 Å². The minimum absolute atomic E-state index is 0.0266. The molecule has 0 atom stereocenters. The van der Waals surface area contributed by atoms with E-state index in [-0.39, 0.29) is 5.56 Å². The van der Waals surface area contributed by atoms with Gasteiger partial charge < -0.3 is 4.90 Å². The van der Waals surface area contributed by atoms with Crippen molar-refractivity contribution in [3.8, 4) is 0 Å². The highest BCUT2D eigenvalue weighted by atomic mass is 16.1. The standard InChI is InChI=1S/C19H26N6O/c1-14-6-7-18(26)25(22-14)13-10-23-8-11-24(12-9-23)19-16-4-3-5-17(16)20-15(2)21-19/h6-7H,3-5,8-13H2,1-2H3. The Labute approximate surface area is 153 Å². The lowest BCUT2D eigenvalue weighted by Crippen LogP contribution is -2.48. The van der Waals surface area contributed by atoms with Crippen LogP contribution in [0.25, 0.3) is 0 Å². The lowest BCUT2D eigenvalue weighted by Gasteiger charge is -2.36. The van der Waals surface area contributed by atoms with Crippen molar-refractivity contribution in [3.05, 3.63) is 45.3 Å². The summed E-state index contributed by atoms with van der Waals surface area (Å²) in [7, 11) is 0. The van der Waals surface area contributed by atoms with Crippen LogP contribution in [0.3, 0.4) is 0 Å². The Balaban J connectivity index is 1.38. The van der Waals surface area contributed by atoms with Gasteiger partial charge in [-0.15, -0.1) is 0 Å². The average Bonchev–Trinajstić information content (AvgIpc) is 3.10.